The van der Waals surface area contributed by atoms with Gasteiger partial charge in [0.25, 0.3) is 0 Å². The van der Waals surface area contributed by atoms with Gasteiger partial charge in [0.1, 0.15) is 6.10 Å². The van der Waals surface area contributed by atoms with Gasteiger partial charge in [0.15, 0.2) is 0 Å². The number of nitrogens with zero attached hydrogens (tertiary/aromatic N) is 5. The topological polar surface area (TPSA) is 90.3 Å². The minimum atomic E-state index is -0.210. The van der Waals surface area contributed by atoms with Gasteiger partial charge >= 0.3 is 0 Å². The summed E-state index contributed by atoms with van der Waals surface area (Å²) in [6.45, 7) is 5.42. The molecule has 4 rings (SSSR count). The lowest BCUT2D eigenvalue weighted by Gasteiger charge is -2.32. The Bertz CT molecular complexity index is 865. The SMILES string of the molecule is Cc1nc(-c2cccc(-c3nnc([C@H]4CN(C)C[C@@H](C)O4)o3)c2)no1. The molecule has 0 aliphatic carbocycles. The molecule has 1 aromatic carbocycles. The minimum absolute atomic E-state index is 0.129. The molecule has 2 aromatic heterocycles. The Morgan fingerprint density at radius 2 is 2.00 bits per heavy atom. The summed E-state index contributed by atoms with van der Waals surface area (Å²) in [5.74, 6) is 1.99. The fourth-order valence-corrected chi connectivity index (χ4v) is 2.99. The smallest absolute Gasteiger partial charge is 0.247 e. The fourth-order valence-electron chi connectivity index (χ4n) is 2.99. The van der Waals surface area contributed by atoms with Crippen LogP contribution in [0.25, 0.3) is 22.8 Å². The average molecular weight is 341 g/mol. The highest BCUT2D eigenvalue weighted by molar-refractivity contribution is 5.64. The van der Waals surface area contributed by atoms with Crippen LogP contribution in [0.4, 0.5) is 0 Å². The third-order valence-electron chi connectivity index (χ3n) is 4.05. The van der Waals surface area contributed by atoms with E-state index < -0.39 is 0 Å². The molecule has 0 spiro atoms. The van der Waals surface area contributed by atoms with Gasteiger partial charge in [0.05, 0.1) is 6.10 Å². The predicted molar refractivity (Wildman–Crippen MR) is 88.5 cm³/mol. The van der Waals surface area contributed by atoms with Gasteiger partial charge in [0, 0.05) is 31.1 Å². The molecule has 0 radical (unpaired) electrons. The largest absolute Gasteiger partial charge is 0.418 e. The summed E-state index contributed by atoms with van der Waals surface area (Å²) in [6, 6.07) is 7.61. The Labute approximate surface area is 144 Å². The molecule has 0 amide bonds. The molecule has 130 valence electrons. The Morgan fingerprint density at radius 1 is 1.16 bits per heavy atom. The first-order valence-corrected chi connectivity index (χ1v) is 8.17. The maximum atomic E-state index is 5.92. The van der Waals surface area contributed by atoms with Crippen LogP contribution in [-0.2, 0) is 4.74 Å². The number of hydrogen-bond acceptors (Lipinski definition) is 8. The zero-order valence-electron chi connectivity index (χ0n) is 14.3. The number of benzene rings is 1. The van der Waals surface area contributed by atoms with E-state index >= 15 is 0 Å². The van der Waals surface area contributed by atoms with E-state index in [0.29, 0.717) is 23.5 Å². The van der Waals surface area contributed by atoms with Crippen molar-refractivity contribution in [2.45, 2.75) is 26.1 Å². The summed E-state index contributed by atoms with van der Waals surface area (Å²) in [4.78, 5) is 6.44. The number of hydrogen-bond donors (Lipinski definition) is 0. The zero-order valence-corrected chi connectivity index (χ0v) is 14.3. The standard InChI is InChI=1S/C17H19N5O3/c1-10-8-22(3)9-14(23-10)17-20-19-16(24-17)13-6-4-5-12(7-13)15-18-11(2)25-21-15/h4-7,10,14H,8-9H2,1-3H3/t10-,14-/m1/s1. The van der Waals surface area contributed by atoms with E-state index in [1.807, 2.05) is 31.2 Å². The van der Waals surface area contributed by atoms with Gasteiger partial charge in [-0.2, -0.15) is 4.98 Å². The van der Waals surface area contributed by atoms with Crippen molar-refractivity contribution in [3.05, 3.63) is 36.0 Å². The number of aromatic nitrogens is 4. The lowest BCUT2D eigenvalue weighted by Crippen LogP contribution is -2.40. The quantitative estimate of drug-likeness (QED) is 0.718. The van der Waals surface area contributed by atoms with Gasteiger partial charge in [-0.1, -0.05) is 17.3 Å². The van der Waals surface area contributed by atoms with Crippen LogP contribution in [0.2, 0.25) is 0 Å². The van der Waals surface area contributed by atoms with E-state index in [2.05, 4.69) is 32.3 Å². The van der Waals surface area contributed by atoms with Gasteiger partial charge in [-0.3, -0.25) is 0 Å². The molecule has 3 aromatic rings. The molecular weight excluding hydrogens is 322 g/mol. The van der Waals surface area contributed by atoms with E-state index in [1.165, 1.54) is 0 Å². The lowest BCUT2D eigenvalue weighted by molar-refractivity contribution is -0.0821. The Kier molecular flexibility index (Phi) is 4.06. The second kappa shape index (κ2) is 6.38. The molecule has 1 aliphatic rings. The van der Waals surface area contributed by atoms with Crippen molar-refractivity contribution in [1.29, 1.82) is 0 Å². The van der Waals surface area contributed by atoms with Crippen LogP contribution >= 0.6 is 0 Å². The van der Waals surface area contributed by atoms with E-state index in [-0.39, 0.29) is 12.2 Å². The summed E-state index contributed by atoms with van der Waals surface area (Å²) in [6.07, 6.45) is -0.0815. The molecule has 1 fully saturated rings. The summed E-state index contributed by atoms with van der Waals surface area (Å²) in [7, 11) is 2.06. The summed E-state index contributed by atoms with van der Waals surface area (Å²) in [5, 5.41) is 12.3. The van der Waals surface area contributed by atoms with Crippen molar-refractivity contribution >= 4 is 0 Å². The van der Waals surface area contributed by atoms with Crippen LogP contribution in [-0.4, -0.2) is 51.5 Å². The molecule has 0 N–H and O–H groups in total. The molecular formula is C17H19N5O3. The number of morpholine rings is 1. The van der Waals surface area contributed by atoms with Crippen molar-refractivity contribution in [3.63, 3.8) is 0 Å². The van der Waals surface area contributed by atoms with Gasteiger partial charge in [-0.15, -0.1) is 10.2 Å². The van der Waals surface area contributed by atoms with Crippen LogP contribution in [0.3, 0.4) is 0 Å². The molecule has 25 heavy (non-hydrogen) atoms. The number of ether oxygens (including phenoxy) is 1. The first-order chi connectivity index (χ1) is 12.1. The number of aryl methyl sites for hydroxylation is 1. The van der Waals surface area contributed by atoms with E-state index in [4.69, 9.17) is 13.7 Å². The zero-order chi connectivity index (χ0) is 17.4. The second-order valence-electron chi connectivity index (χ2n) is 6.32. The minimum Gasteiger partial charge on any atom is -0.418 e. The fraction of sp³-hybridized carbons (Fsp3) is 0.412. The van der Waals surface area contributed by atoms with Gasteiger partial charge in [-0.05, 0) is 26.1 Å². The summed E-state index contributed by atoms with van der Waals surface area (Å²) < 4.78 is 16.8. The highest BCUT2D eigenvalue weighted by atomic mass is 16.5. The van der Waals surface area contributed by atoms with Crippen LogP contribution < -0.4 is 0 Å². The number of rotatable bonds is 3. The van der Waals surface area contributed by atoms with Crippen molar-refractivity contribution < 1.29 is 13.7 Å². The average Bonchev–Trinajstić information content (AvgIpc) is 3.23. The van der Waals surface area contributed by atoms with Crippen LogP contribution in [0, 0.1) is 6.92 Å². The third kappa shape index (κ3) is 3.31. The van der Waals surface area contributed by atoms with Crippen LogP contribution in [0.5, 0.6) is 0 Å². The normalized spacial score (nSPS) is 21.6. The molecule has 2 atom stereocenters. The first-order valence-electron chi connectivity index (χ1n) is 8.17. The monoisotopic (exact) mass is 341 g/mol. The molecule has 3 heterocycles. The molecule has 0 saturated carbocycles. The van der Waals surface area contributed by atoms with E-state index in [1.54, 1.807) is 6.92 Å². The van der Waals surface area contributed by atoms with Crippen LogP contribution in [0.15, 0.2) is 33.2 Å². The Balaban J connectivity index is 1.60. The van der Waals surface area contributed by atoms with Crippen LogP contribution in [0.1, 0.15) is 24.8 Å². The van der Waals surface area contributed by atoms with E-state index in [9.17, 15) is 0 Å². The molecule has 0 bridgehead atoms. The van der Waals surface area contributed by atoms with Crippen molar-refractivity contribution in [3.8, 4) is 22.8 Å². The first kappa shape index (κ1) is 15.9. The molecule has 1 saturated heterocycles. The number of likely N-dealkylation sites (N-methyl/N-ethyl adjacent to an activating group) is 1. The van der Waals surface area contributed by atoms with Crippen molar-refractivity contribution in [2.75, 3.05) is 20.1 Å². The highest BCUT2D eigenvalue weighted by Crippen LogP contribution is 2.28. The molecule has 8 heteroatoms. The maximum Gasteiger partial charge on any atom is 0.247 e. The van der Waals surface area contributed by atoms with Crippen molar-refractivity contribution in [1.82, 2.24) is 25.2 Å². The maximum absolute atomic E-state index is 5.92. The van der Waals surface area contributed by atoms with Gasteiger partial charge in [0.2, 0.25) is 23.5 Å². The van der Waals surface area contributed by atoms with Gasteiger partial charge in [-0.25, -0.2) is 0 Å². The van der Waals surface area contributed by atoms with E-state index in [0.717, 1.165) is 24.2 Å². The predicted octanol–water partition coefficient (Wildman–Crippen LogP) is 2.49. The third-order valence-corrected chi connectivity index (χ3v) is 4.05. The second-order valence-corrected chi connectivity index (χ2v) is 6.32. The molecule has 8 nitrogen and oxygen atoms in total. The molecule has 0 unspecified atom stereocenters. The highest BCUT2D eigenvalue weighted by Gasteiger charge is 2.28. The summed E-state index contributed by atoms with van der Waals surface area (Å²) >= 11 is 0. The Morgan fingerprint density at radius 3 is 2.76 bits per heavy atom. The summed E-state index contributed by atoms with van der Waals surface area (Å²) in [5.41, 5.74) is 1.63. The van der Waals surface area contributed by atoms with Crippen molar-refractivity contribution in [2.24, 2.45) is 0 Å². The molecule has 1 aliphatic heterocycles. The lowest BCUT2D eigenvalue weighted by atomic mass is 10.1. The Hall–Kier alpha value is -2.58. The van der Waals surface area contributed by atoms with Gasteiger partial charge < -0.3 is 18.6 Å².